The smallest absolute Gasteiger partial charge is 0.453 e. The number of carbonyl (C=O) groups is 3. The molecule has 1 heterocycles. The Kier molecular flexibility index (Phi) is 13.2. The SMILES string of the molecule is CCCCCCCCCCC(C)C1=NC(C)(C(OC(=O)CC)(OC(=O)CC)OC(=O)CC)CO1. The molecule has 0 aromatic carbocycles. The first kappa shape index (κ1) is 29.9. The van der Waals surface area contributed by atoms with Gasteiger partial charge in [0.25, 0.3) is 0 Å². The molecule has 0 spiro atoms. The van der Waals surface area contributed by atoms with Crippen molar-refractivity contribution in [2.75, 3.05) is 6.61 Å². The molecule has 0 radical (unpaired) electrons. The number of ether oxygens (including phenoxy) is 4. The molecule has 34 heavy (non-hydrogen) atoms. The van der Waals surface area contributed by atoms with E-state index in [-0.39, 0.29) is 31.8 Å². The van der Waals surface area contributed by atoms with Gasteiger partial charge in [-0.3, -0.25) is 14.4 Å². The van der Waals surface area contributed by atoms with Crippen LogP contribution in [0.5, 0.6) is 0 Å². The molecule has 0 aromatic rings. The maximum absolute atomic E-state index is 12.3. The first-order chi connectivity index (χ1) is 16.2. The number of hydrogen-bond donors (Lipinski definition) is 0. The third-order valence-corrected chi connectivity index (χ3v) is 6.04. The lowest BCUT2D eigenvalue weighted by Crippen LogP contribution is -2.60. The Hall–Kier alpha value is -2.12. The zero-order chi connectivity index (χ0) is 25.6. The van der Waals surface area contributed by atoms with Crippen LogP contribution in [-0.4, -0.2) is 41.9 Å². The van der Waals surface area contributed by atoms with Gasteiger partial charge < -0.3 is 18.9 Å². The topological polar surface area (TPSA) is 100 Å². The summed E-state index contributed by atoms with van der Waals surface area (Å²) in [5, 5.41) is 0. The Bertz CT molecular complexity index is 645. The van der Waals surface area contributed by atoms with Gasteiger partial charge in [0, 0.05) is 25.2 Å². The molecule has 0 bridgehead atoms. The fourth-order valence-electron chi connectivity index (χ4n) is 3.70. The van der Waals surface area contributed by atoms with E-state index in [0.29, 0.717) is 5.90 Å². The molecule has 196 valence electrons. The highest BCUT2D eigenvalue weighted by atomic mass is 16.9. The minimum atomic E-state index is -2.32. The molecule has 1 aliphatic heterocycles. The number of aliphatic imine (C=N–C) groups is 1. The summed E-state index contributed by atoms with van der Waals surface area (Å²) in [7, 11) is 0. The molecule has 1 rings (SSSR count). The van der Waals surface area contributed by atoms with E-state index in [2.05, 4.69) is 11.9 Å². The second-order valence-corrected chi connectivity index (χ2v) is 9.22. The average molecular weight is 484 g/mol. The molecule has 0 aromatic heterocycles. The molecule has 1 aliphatic rings. The van der Waals surface area contributed by atoms with E-state index in [1.54, 1.807) is 27.7 Å². The normalized spacial score (nSPS) is 18.6. The van der Waals surface area contributed by atoms with Crippen molar-refractivity contribution >= 4 is 23.8 Å². The summed E-state index contributed by atoms with van der Waals surface area (Å²) in [5.74, 6) is -3.83. The highest BCUT2D eigenvalue weighted by Crippen LogP contribution is 2.39. The zero-order valence-corrected chi connectivity index (χ0v) is 22.1. The lowest BCUT2D eigenvalue weighted by molar-refractivity contribution is -0.355. The van der Waals surface area contributed by atoms with Gasteiger partial charge in [0.2, 0.25) is 5.54 Å². The summed E-state index contributed by atoms with van der Waals surface area (Å²) in [5.41, 5.74) is -1.42. The summed E-state index contributed by atoms with van der Waals surface area (Å²) in [6, 6.07) is 0. The van der Waals surface area contributed by atoms with Gasteiger partial charge in [-0.05, 0) is 13.3 Å². The molecule has 0 saturated heterocycles. The second-order valence-electron chi connectivity index (χ2n) is 9.22. The van der Waals surface area contributed by atoms with E-state index in [4.69, 9.17) is 18.9 Å². The number of nitrogens with zero attached hydrogens (tertiary/aromatic N) is 1. The number of carbonyl (C=O) groups excluding carboxylic acids is 3. The summed E-state index contributed by atoms with van der Waals surface area (Å²) in [4.78, 5) is 41.5. The molecule has 2 atom stereocenters. The highest BCUT2D eigenvalue weighted by Gasteiger charge is 2.63. The van der Waals surface area contributed by atoms with Gasteiger partial charge >= 0.3 is 23.9 Å². The van der Waals surface area contributed by atoms with Crippen LogP contribution in [-0.2, 0) is 33.3 Å². The molecular formula is C26H45NO7. The first-order valence-corrected chi connectivity index (χ1v) is 13.0. The number of hydrogen-bond acceptors (Lipinski definition) is 8. The maximum Gasteiger partial charge on any atom is 0.453 e. The summed E-state index contributed by atoms with van der Waals surface area (Å²) < 4.78 is 22.3. The quantitative estimate of drug-likeness (QED) is 0.145. The Labute approximate surface area is 205 Å². The lowest BCUT2D eigenvalue weighted by atomic mass is 10.00. The van der Waals surface area contributed by atoms with Crippen molar-refractivity contribution in [1.82, 2.24) is 0 Å². The molecule has 0 aliphatic carbocycles. The monoisotopic (exact) mass is 483 g/mol. The first-order valence-electron chi connectivity index (χ1n) is 13.0. The second kappa shape index (κ2) is 15.0. The summed E-state index contributed by atoms with van der Waals surface area (Å²) in [6.45, 7) is 10.6. The van der Waals surface area contributed by atoms with Gasteiger partial charge in [0.1, 0.15) is 6.61 Å². The predicted molar refractivity (Wildman–Crippen MR) is 130 cm³/mol. The molecule has 8 heteroatoms. The Morgan fingerprint density at radius 2 is 1.29 bits per heavy atom. The predicted octanol–water partition coefficient (Wildman–Crippen LogP) is 5.85. The number of unbranched alkanes of at least 4 members (excludes halogenated alkanes) is 7. The van der Waals surface area contributed by atoms with Crippen LogP contribution >= 0.6 is 0 Å². The summed E-state index contributed by atoms with van der Waals surface area (Å²) in [6.07, 6.45) is 10.8. The van der Waals surface area contributed by atoms with E-state index >= 15 is 0 Å². The minimum Gasteiger partial charge on any atom is -0.478 e. The van der Waals surface area contributed by atoms with E-state index in [0.717, 1.165) is 19.3 Å². The van der Waals surface area contributed by atoms with Crippen LogP contribution in [0.1, 0.15) is 119 Å². The standard InChI is InChI=1S/C26H45NO7/c1-7-11-12-13-14-15-16-17-18-20(5)24-27-25(6,19-31-24)26(32-21(28)8-2,33-22(29)9-3)34-23(30)10-4/h20H,7-19H2,1-6H3. The van der Waals surface area contributed by atoms with Gasteiger partial charge in [-0.15, -0.1) is 0 Å². The molecule has 0 N–H and O–H groups in total. The molecule has 8 nitrogen and oxygen atoms in total. The van der Waals surface area contributed by atoms with Crippen molar-refractivity contribution in [1.29, 1.82) is 0 Å². The number of esters is 3. The fourth-order valence-corrected chi connectivity index (χ4v) is 3.70. The average Bonchev–Trinajstić information content (AvgIpc) is 3.24. The Morgan fingerprint density at radius 3 is 1.74 bits per heavy atom. The van der Waals surface area contributed by atoms with Crippen LogP contribution in [0.2, 0.25) is 0 Å². The van der Waals surface area contributed by atoms with Gasteiger partial charge in [-0.1, -0.05) is 86.0 Å². The third-order valence-electron chi connectivity index (χ3n) is 6.04. The third kappa shape index (κ3) is 8.91. The Morgan fingerprint density at radius 1 is 0.853 bits per heavy atom. The highest BCUT2D eigenvalue weighted by molar-refractivity contribution is 5.81. The molecule has 0 saturated carbocycles. The Balaban J connectivity index is 2.95. The van der Waals surface area contributed by atoms with E-state index in [9.17, 15) is 14.4 Å². The van der Waals surface area contributed by atoms with E-state index in [1.807, 2.05) is 6.92 Å². The summed E-state index contributed by atoms with van der Waals surface area (Å²) >= 11 is 0. The molecule has 0 amide bonds. The van der Waals surface area contributed by atoms with Gasteiger partial charge in [0.15, 0.2) is 5.90 Å². The van der Waals surface area contributed by atoms with Gasteiger partial charge in [-0.2, -0.15) is 0 Å². The fraction of sp³-hybridized carbons (Fsp3) is 0.846. The zero-order valence-electron chi connectivity index (χ0n) is 22.1. The lowest BCUT2D eigenvalue weighted by Gasteiger charge is -2.39. The van der Waals surface area contributed by atoms with Crippen LogP contribution in [0.15, 0.2) is 4.99 Å². The van der Waals surface area contributed by atoms with Crippen molar-refractivity contribution in [3.63, 3.8) is 0 Å². The van der Waals surface area contributed by atoms with Crippen LogP contribution in [0.25, 0.3) is 0 Å². The van der Waals surface area contributed by atoms with Crippen LogP contribution < -0.4 is 0 Å². The van der Waals surface area contributed by atoms with E-state index in [1.165, 1.54) is 38.5 Å². The minimum absolute atomic E-state index is 0.0114. The van der Waals surface area contributed by atoms with Crippen molar-refractivity contribution in [3.8, 4) is 0 Å². The molecule has 2 unspecified atom stereocenters. The van der Waals surface area contributed by atoms with Crippen LogP contribution in [0, 0.1) is 5.92 Å². The van der Waals surface area contributed by atoms with E-state index < -0.39 is 29.4 Å². The van der Waals surface area contributed by atoms with Crippen LogP contribution in [0.3, 0.4) is 0 Å². The van der Waals surface area contributed by atoms with Crippen molar-refractivity contribution in [3.05, 3.63) is 0 Å². The molecular weight excluding hydrogens is 438 g/mol. The van der Waals surface area contributed by atoms with Crippen molar-refractivity contribution < 1.29 is 33.3 Å². The number of rotatable bonds is 17. The van der Waals surface area contributed by atoms with Crippen molar-refractivity contribution in [2.24, 2.45) is 10.9 Å². The maximum atomic E-state index is 12.3. The van der Waals surface area contributed by atoms with Crippen LogP contribution in [0.4, 0.5) is 0 Å². The van der Waals surface area contributed by atoms with Gasteiger partial charge in [-0.25, -0.2) is 4.99 Å². The van der Waals surface area contributed by atoms with Gasteiger partial charge in [0.05, 0.1) is 0 Å². The van der Waals surface area contributed by atoms with Crippen molar-refractivity contribution in [2.45, 2.75) is 130 Å². The molecule has 0 fully saturated rings. The largest absolute Gasteiger partial charge is 0.478 e.